The second-order valence-electron chi connectivity index (χ2n) is 6.08. The minimum atomic E-state index is -0.421. The summed E-state index contributed by atoms with van der Waals surface area (Å²) in [6, 6.07) is 7.71. The van der Waals surface area contributed by atoms with Crippen LogP contribution in [0.4, 0.5) is 11.4 Å². The highest BCUT2D eigenvalue weighted by Gasteiger charge is 2.51. The van der Waals surface area contributed by atoms with Gasteiger partial charge in [-0.05, 0) is 50.2 Å². The van der Waals surface area contributed by atoms with Crippen molar-refractivity contribution >= 4 is 23.2 Å². The van der Waals surface area contributed by atoms with E-state index in [1.165, 1.54) is 6.92 Å². The molecular formula is C16H22N4O2. The van der Waals surface area contributed by atoms with E-state index in [2.05, 4.69) is 15.5 Å². The van der Waals surface area contributed by atoms with E-state index in [-0.39, 0.29) is 11.8 Å². The van der Waals surface area contributed by atoms with Crippen molar-refractivity contribution < 1.29 is 9.59 Å². The Hall–Kier alpha value is -2.08. The van der Waals surface area contributed by atoms with Crippen molar-refractivity contribution in [1.29, 1.82) is 0 Å². The topological polar surface area (TPSA) is 64.7 Å². The number of piperidine rings is 1. The Morgan fingerprint density at radius 2 is 1.86 bits per heavy atom. The van der Waals surface area contributed by atoms with Gasteiger partial charge in [0.2, 0.25) is 11.8 Å². The summed E-state index contributed by atoms with van der Waals surface area (Å²) in [6.45, 7) is 3.82. The van der Waals surface area contributed by atoms with Crippen molar-refractivity contribution in [1.82, 2.24) is 10.2 Å². The number of benzene rings is 1. The van der Waals surface area contributed by atoms with Crippen molar-refractivity contribution in [2.75, 3.05) is 37.0 Å². The van der Waals surface area contributed by atoms with Crippen LogP contribution in [0.1, 0.15) is 19.8 Å². The maximum Gasteiger partial charge on any atom is 0.249 e. The van der Waals surface area contributed by atoms with Gasteiger partial charge in [-0.2, -0.15) is 0 Å². The summed E-state index contributed by atoms with van der Waals surface area (Å²) in [6.07, 6.45) is 1.65. The molecule has 2 aliphatic rings. The highest BCUT2D eigenvalue weighted by Crippen LogP contribution is 2.37. The van der Waals surface area contributed by atoms with Gasteiger partial charge in [0.25, 0.3) is 0 Å². The molecule has 6 heteroatoms. The number of nitrogens with one attached hydrogen (secondary N) is 2. The molecule has 6 nitrogen and oxygen atoms in total. The number of nitrogens with zero attached hydrogens (tertiary/aromatic N) is 2. The lowest BCUT2D eigenvalue weighted by Gasteiger charge is -2.40. The summed E-state index contributed by atoms with van der Waals surface area (Å²) in [5, 5.41) is 6.10. The Kier molecular flexibility index (Phi) is 3.78. The molecular weight excluding hydrogens is 280 g/mol. The number of carbonyl (C=O) groups excluding carboxylic acids is 2. The van der Waals surface area contributed by atoms with Gasteiger partial charge in [-0.1, -0.05) is 0 Å². The van der Waals surface area contributed by atoms with Crippen LogP contribution in [0.5, 0.6) is 0 Å². The van der Waals surface area contributed by atoms with E-state index < -0.39 is 5.54 Å². The first-order valence-corrected chi connectivity index (χ1v) is 7.64. The molecule has 0 aromatic heterocycles. The smallest absolute Gasteiger partial charge is 0.249 e. The van der Waals surface area contributed by atoms with Crippen LogP contribution < -0.4 is 15.5 Å². The number of hydrogen-bond acceptors (Lipinski definition) is 4. The molecule has 118 valence electrons. The average Bonchev–Trinajstić information content (AvgIpc) is 2.74. The molecule has 0 atom stereocenters. The fourth-order valence-electron chi connectivity index (χ4n) is 3.46. The number of likely N-dealkylation sites (N-methyl/N-ethyl adjacent to an activating group) is 1. The molecule has 0 saturated carbocycles. The van der Waals surface area contributed by atoms with Crippen molar-refractivity contribution in [2.24, 2.45) is 0 Å². The molecule has 2 N–H and O–H groups in total. The van der Waals surface area contributed by atoms with Crippen molar-refractivity contribution in [3.8, 4) is 0 Å². The SMILES string of the molecule is CC(=O)Nc1ccc(N2CN(C)C(=O)C23CCNCC3)cc1. The van der Waals surface area contributed by atoms with E-state index in [1.54, 1.807) is 4.90 Å². The summed E-state index contributed by atoms with van der Waals surface area (Å²) >= 11 is 0. The molecule has 2 heterocycles. The van der Waals surface area contributed by atoms with Gasteiger partial charge in [-0.25, -0.2) is 0 Å². The summed E-state index contributed by atoms with van der Waals surface area (Å²) in [5.41, 5.74) is 1.37. The summed E-state index contributed by atoms with van der Waals surface area (Å²) < 4.78 is 0. The lowest BCUT2D eigenvalue weighted by atomic mass is 9.86. The van der Waals surface area contributed by atoms with Crippen LogP contribution in [-0.4, -0.2) is 49.1 Å². The molecule has 3 rings (SSSR count). The molecule has 1 spiro atoms. The average molecular weight is 302 g/mol. The van der Waals surface area contributed by atoms with Crippen molar-refractivity contribution in [2.45, 2.75) is 25.3 Å². The number of anilines is 2. The molecule has 0 bridgehead atoms. The van der Waals surface area contributed by atoms with Gasteiger partial charge >= 0.3 is 0 Å². The highest BCUT2D eigenvalue weighted by atomic mass is 16.2. The first kappa shape index (κ1) is 14.8. The normalized spacial score (nSPS) is 20.5. The molecule has 0 radical (unpaired) electrons. The van der Waals surface area contributed by atoms with Crippen molar-refractivity contribution in [3.05, 3.63) is 24.3 Å². The van der Waals surface area contributed by atoms with Gasteiger partial charge in [0, 0.05) is 25.3 Å². The van der Waals surface area contributed by atoms with Gasteiger partial charge in [0.15, 0.2) is 0 Å². The molecule has 2 aliphatic heterocycles. The molecule has 1 aromatic carbocycles. The Balaban J connectivity index is 1.88. The number of rotatable bonds is 2. The van der Waals surface area contributed by atoms with Gasteiger partial charge in [0.1, 0.15) is 5.54 Å². The van der Waals surface area contributed by atoms with E-state index in [0.29, 0.717) is 6.67 Å². The maximum atomic E-state index is 12.7. The Morgan fingerprint density at radius 3 is 2.45 bits per heavy atom. The van der Waals surface area contributed by atoms with Gasteiger partial charge in [0.05, 0.1) is 6.67 Å². The van der Waals surface area contributed by atoms with E-state index in [1.807, 2.05) is 31.3 Å². The molecule has 22 heavy (non-hydrogen) atoms. The molecule has 0 aliphatic carbocycles. The largest absolute Gasteiger partial charge is 0.339 e. The van der Waals surface area contributed by atoms with E-state index in [9.17, 15) is 9.59 Å². The Morgan fingerprint density at radius 1 is 1.23 bits per heavy atom. The molecule has 1 aromatic rings. The van der Waals surface area contributed by atoms with E-state index in [0.717, 1.165) is 37.3 Å². The van der Waals surface area contributed by atoms with E-state index >= 15 is 0 Å². The minimum absolute atomic E-state index is 0.0846. The summed E-state index contributed by atoms with van der Waals surface area (Å²) in [5.74, 6) is 0.124. The van der Waals surface area contributed by atoms with Crippen LogP contribution in [0.3, 0.4) is 0 Å². The first-order valence-electron chi connectivity index (χ1n) is 7.64. The lowest BCUT2D eigenvalue weighted by molar-refractivity contribution is -0.131. The minimum Gasteiger partial charge on any atom is -0.339 e. The second-order valence-corrected chi connectivity index (χ2v) is 6.08. The highest BCUT2D eigenvalue weighted by molar-refractivity contribution is 5.94. The third-order valence-electron chi connectivity index (χ3n) is 4.55. The molecule has 2 saturated heterocycles. The fourth-order valence-corrected chi connectivity index (χ4v) is 3.46. The number of amides is 2. The third kappa shape index (κ3) is 2.43. The van der Waals surface area contributed by atoms with Crippen LogP contribution in [-0.2, 0) is 9.59 Å². The predicted octanol–water partition coefficient (Wildman–Crippen LogP) is 1.00. The quantitative estimate of drug-likeness (QED) is 0.855. The Labute approximate surface area is 130 Å². The molecule has 2 fully saturated rings. The number of carbonyl (C=O) groups is 2. The Bertz CT molecular complexity index is 578. The third-order valence-corrected chi connectivity index (χ3v) is 4.55. The zero-order valence-electron chi connectivity index (χ0n) is 13.1. The summed E-state index contributed by atoms with van der Waals surface area (Å²) in [4.78, 5) is 27.8. The fraction of sp³-hybridized carbons (Fsp3) is 0.500. The van der Waals surface area contributed by atoms with Gasteiger partial charge in [-0.15, -0.1) is 0 Å². The first-order chi connectivity index (χ1) is 10.5. The van der Waals surface area contributed by atoms with Gasteiger partial charge in [-0.3, -0.25) is 9.59 Å². The van der Waals surface area contributed by atoms with Crippen LogP contribution in [0, 0.1) is 0 Å². The van der Waals surface area contributed by atoms with Crippen molar-refractivity contribution in [3.63, 3.8) is 0 Å². The lowest BCUT2D eigenvalue weighted by Crippen LogP contribution is -2.55. The van der Waals surface area contributed by atoms with E-state index in [4.69, 9.17) is 0 Å². The van der Waals surface area contributed by atoms with Crippen LogP contribution in [0.2, 0.25) is 0 Å². The summed E-state index contributed by atoms with van der Waals surface area (Å²) in [7, 11) is 1.86. The van der Waals surface area contributed by atoms with Crippen LogP contribution in [0.15, 0.2) is 24.3 Å². The van der Waals surface area contributed by atoms with Gasteiger partial charge < -0.3 is 20.4 Å². The standard InChI is InChI=1S/C16H22N4O2/c1-12(21)18-13-3-5-14(6-4-13)20-11-19(2)15(22)16(20)7-9-17-10-8-16/h3-6,17H,7-11H2,1-2H3,(H,18,21). The maximum absolute atomic E-state index is 12.7. The monoisotopic (exact) mass is 302 g/mol. The zero-order chi connectivity index (χ0) is 15.7. The van der Waals surface area contributed by atoms with Crippen LogP contribution >= 0.6 is 0 Å². The predicted molar refractivity (Wildman–Crippen MR) is 85.7 cm³/mol. The molecule has 0 unspecified atom stereocenters. The molecule has 2 amide bonds. The number of hydrogen-bond donors (Lipinski definition) is 2. The second kappa shape index (κ2) is 5.61. The van der Waals surface area contributed by atoms with Crippen LogP contribution in [0.25, 0.3) is 0 Å². The zero-order valence-corrected chi connectivity index (χ0v) is 13.1.